The lowest BCUT2D eigenvalue weighted by Crippen LogP contribution is -1.98. The van der Waals surface area contributed by atoms with E-state index in [0.717, 1.165) is 0 Å². The zero-order valence-corrected chi connectivity index (χ0v) is 21.4. The molecule has 206 valence electrons. The van der Waals surface area contributed by atoms with E-state index in [1.807, 2.05) is 12.1 Å². The number of rotatable bonds is 2. The third kappa shape index (κ3) is 4.00. The Hall–Kier alpha value is -6.86. The van der Waals surface area contributed by atoms with Crippen LogP contribution in [0, 0.1) is 103 Å². The van der Waals surface area contributed by atoms with E-state index in [2.05, 4.69) is 0 Å². The molecule has 0 bridgehead atoms. The van der Waals surface area contributed by atoms with Gasteiger partial charge in [-0.1, -0.05) is 0 Å². The van der Waals surface area contributed by atoms with Crippen LogP contribution in [0.2, 0.25) is 0 Å². The number of allylic oxidation sites excluding steroid dienone is 8. The number of benzene rings is 3. The third-order valence-corrected chi connectivity index (χ3v) is 6.95. The molecule has 3 aromatic rings. The van der Waals surface area contributed by atoms with Crippen molar-refractivity contribution in [3.05, 3.63) is 116 Å². The lowest BCUT2D eigenvalue weighted by molar-refractivity contribution is 0.446. The molecule has 5 rings (SSSR count). The van der Waals surface area contributed by atoms with Gasteiger partial charge in [-0.25, -0.2) is 26.3 Å². The van der Waals surface area contributed by atoms with Crippen molar-refractivity contribution in [3.8, 4) is 36.4 Å². The molecule has 0 heterocycles. The molecule has 3 aromatic carbocycles. The van der Waals surface area contributed by atoms with Crippen LogP contribution in [0.25, 0.3) is 33.4 Å². The van der Waals surface area contributed by atoms with E-state index in [0.29, 0.717) is 24.3 Å². The van der Waals surface area contributed by atoms with Crippen LogP contribution in [0.4, 0.5) is 26.3 Å². The summed E-state index contributed by atoms with van der Waals surface area (Å²) >= 11 is 0. The summed E-state index contributed by atoms with van der Waals surface area (Å²) in [5, 5.41) is 59.3. The fraction of sp³-hybridized carbons (Fsp3) is 0. The Balaban J connectivity index is 1.96. The zero-order valence-electron chi connectivity index (χ0n) is 21.4. The summed E-state index contributed by atoms with van der Waals surface area (Å²) in [6.45, 7) is 0. The first kappa shape index (κ1) is 28.7. The average molecular weight is 588 g/mol. The molecule has 0 radical (unpaired) electrons. The quantitative estimate of drug-likeness (QED) is 0.179. The van der Waals surface area contributed by atoms with E-state index >= 15 is 0 Å². The SMILES string of the molecule is N#CC(C#N)=C1C(c2cc(F)c(F)c(F)c2)=C(C#N)c2cc3c(cc21)C(=C(C#N)C#N)C(c1cc(F)c(F)c(F)c1)=C3C#N. The molecule has 0 fully saturated rings. The lowest BCUT2D eigenvalue weighted by Gasteiger charge is -2.12. The molecule has 0 saturated heterocycles. The van der Waals surface area contributed by atoms with E-state index < -0.39 is 57.2 Å². The fourth-order valence-corrected chi connectivity index (χ4v) is 5.22. The Labute approximate surface area is 243 Å². The highest BCUT2D eigenvalue weighted by atomic mass is 19.2. The van der Waals surface area contributed by atoms with Crippen molar-refractivity contribution >= 4 is 33.4 Å². The molecule has 0 saturated carbocycles. The molecule has 0 amide bonds. The van der Waals surface area contributed by atoms with Gasteiger partial charge in [-0.05, 0) is 58.7 Å². The van der Waals surface area contributed by atoms with E-state index in [1.165, 1.54) is 12.1 Å². The first-order valence-corrected chi connectivity index (χ1v) is 11.9. The number of nitrogens with zero attached hydrogens (tertiary/aromatic N) is 6. The summed E-state index contributed by atoms with van der Waals surface area (Å²) in [7, 11) is 0. The predicted octanol–water partition coefficient (Wildman–Crippen LogP) is 7.02. The maximum Gasteiger partial charge on any atom is 0.194 e. The first-order valence-electron chi connectivity index (χ1n) is 11.9. The van der Waals surface area contributed by atoms with Crippen molar-refractivity contribution in [2.45, 2.75) is 0 Å². The first-order chi connectivity index (χ1) is 21.1. The molecular formula is C32H6F6N6. The molecule has 0 unspecified atom stereocenters. The van der Waals surface area contributed by atoms with Crippen LogP contribution in [0.15, 0.2) is 47.5 Å². The van der Waals surface area contributed by atoms with Crippen molar-refractivity contribution in [1.29, 1.82) is 31.6 Å². The largest absolute Gasteiger partial charge is 0.204 e. The molecule has 0 aliphatic heterocycles. The molecule has 12 heteroatoms. The smallest absolute Gasteiger partial charge is 0.194 e. The molecule has 0 N–H and O–H groups in total. The topological polar surface area (TPSA) is 143 Å². The minimum atomic E-state index is -1.81. The molecule has 0 atom stereocenters. The van der Waals surface area contributed by atoms with Crippen LogP contribution in [-0.4, -0.2) is 0 Å². The summed E-state index contributed by atoms with van der Waals surface area (Å²) in [5.74, 6) is -10.1. The lowest BCUT2D eigenvalue weighted by atomic mass is 9.89. The monoisotopic (exact) mass is 588 g/mol. The third-order valence-electron chi connectivity index (χ3n) is 6.95. The van der Waals surface area contributed by atoms with Crippen LogP contribution in [0.3, 0.4) is 0 Å². The highest BCUT2D eigenvalue weighted by Crippen LogP contribution is 2.54. The van der Waals surface area contributed by atoms with Crippen molar-refractivity contribution in [3.63, 3.8) is 0 Å². The van der Waals surface area contributed by atoms with Crippen molar-refractivity contribution in [2.75, 3.05) is 0 Å². The van der Waals surface area contributed by atoms with Crippen molar-refractivity contribution in [2.24, 2.45) is 0 Å². The second-order valence-corrected chi connectivity index (χ2v) is 9.12. The molecule has 0 aromatic heterocycles. The van der Waals surface area contributed by atoms with Crippen LogP contribution in [-0.2, 0) is 0 Å². The average Bonchev–Trinajstić information content (AvgIpc) is 3.50. The maximum absolute atomic E-state index is 14.3. The Bertz CT molecular complexity index is 2060. The van der Waals surface area contributed by atoms with Gasteiger partial charge >= 0.3 is 0 Å². The van der Waals surface area contributed by atoms with E-state index in [9.17, 15) is 57.9 Å². The summed E-state index contributed by atoms with van der Waals surface area (Å²) in [4.78, 5) is 0. The highest BCUT2D eigenvalue weighted by Gasteiger charge is 2.38. The van der Waals surface area contributed by atoms with Crippen molar-refractivity contribution in [1.82, 2.24) is 0 Å². The van der Waals surface area contributed by atoms with Gasteiger partial charge in [0.25, 0.3) is 0 Å². The van der Waals surface area contributed by atoms with Gasteiger partial charge in [-0.2, -0.15) is 31.6 Å². The number of hydrogen-bond donors (Lipinski definition) is 0. The van der Waals surface area contributed by atoms with E-state index in [-0.39, 0.29) is 55.7 Å². The second kappa shape index (κ2) is 10.5. The van der Waals surface area contributed by atoms with Gasteiger partial charge < -0.3 is 0 Å². The summed E-state index contributed by atoms with van der Waals surface area (Å²) in [6, 6.07) is 14.8. The minimum absolute atomic E-state index is 0.0651. The van der Waals surface area contributed by atoms with E-state index in [1.54, 1.807) is 24.3 Å². The van der Waals surface area contributed by atoms with Gasteiger partial charge in [0.15, 0.2) is 34.9 Å². The minimum Gasteiger partial charge on any atom is -0.204 e. The second-order valence-electron chi connectivity index (χ2n) is 9.12. The number of halogens is 6. The molecule has 44 heavy (non-hydrogen) atoms. The van der Waals surface area contributed by atoms with Crippen LogP contribution in [0.5, 0.6) is 0 Å². The molecule has 0 spiro atoms. The summed E-state index contributed by atoms with van der Waals surface area (Å²) in [6.07, 6.45) is 0. The van der Waals surface area contributed by atoms with Gasteiger partial charge in [-0.15, -0.1) is 0 Å². The molecule has 2 aliphatic rings. The number of fused-ring (bicyclic) bond motifs is 2. The fourth-order valence-electron chi connectivity index (χ4n) is 5.22. The van der Waals surface area contributed by atoms with Crippen LogP contribution < -0.4 is 0 Å². The Morgan fingerprint density at radius 1 is 0.432 bits per heavy atom. The van der Waals surface area contributed by atoms with Gasteiger partial charge in [0.05, 0.1) is 11.1 Å². The van der Waals surface area contributed by atoms with Crippen molar-refractivity contribution < 1.29 is 26.3 Å². The summed E-state index contributed by atoms with van der Waals surface area (Å²) < 4.78 is 84.7. The van der Waals surface area contributed by atoms with Crippen LogP contribution in [0.1, 0.15) is 33.4 Å². The zero-order chi connectivity index (χ0) is 32.0. The molecule has 6 nitrogen and oxygen atoms in total. The number of hydrogen-bond acceptors (Lipinski definition) is 6. The molecule has 2 aliphatic carbocycles. The van der Waals surface area contributed by atoms with E-state index in [4.69, 9.17) is 0 Å². The van der Waals surface area contributed by atoms with Gasteiger partial charge in [0, 0.05) is 33.4 Å². The molecular weight excluding hydrogens is 582 g/mol. The summed E-state index contributed by atoms with van der Waals surface area (Å²) in [5.41, 5.74) is -4.35. The van der Waals surface area contributed by atoms with Gasteiger partial charge in [0.2, 0.25) is 0 Å². The Morgan fingerprint density at radius 2 is 0.727 bits per heavy atom. The van der Waals surface area contributed by atoms with Gasteiger partial charge in [-0.3, -0.25) is 0 Å². The Kier molecular flexibility index (Phi) is 6.85. The van der Waals surface area contributed by atoms with Crippen LogP contribution >= 0.6 is 0 Å². The predicted molar refractivity (Wildman–Crippen MR) is 140 cm³/mol. The Morgan fingerprint density at radius 3 is 1.00 bits per heavy atom. The maximum atomic E-state index is 14.3. The standard InChI is InChI=1S/C32H6F6N6/c33-23-1-13(2-24(34)31(23)37)27-21(11-43)17-5-18-20(6-19(17)29(27)15(7-39)8-40)30(16(9-41)10-42)28(22(18)12-44)14-3-25(35)32(38)26(36)4-14/h1-6H. The number of nitriles is 6. The van der Waals surface area contributed by atoms with Gasteiger partial charge in [0.1, 0.15) is 47.6 Å². The normalized spacial score (nSPS) is 12.8. The highest BCUT2D eigenvalue weighted by molar-refractivity contribution is 6.29.